The maximum absolute atomic E-state index is 12.0. The molecule has 0 saturated carbocycles. The number of imidazole rings is 1. The lowest BCUT2D eigenvalue weighted by molar-refractivity contribution is -0.130. The summed E-state index contributed by atoms with van der Waals surface area (Å²) in [5.41, 5.74) is 2.85. The second kappa shape index (κ2) is 12.4. The van der Waals surface area contributed by atoms with Gasteiger partial charge in [0.1, 0.15) is 5.82 Å². The molecule has 0 bridgehead atoms. The van der Waals surface area contributed by atoms with E-state index in [4.69, 9.17) is 9.66 Å². The highest BCUT2D eigenvalue weighted by Crippen LogP contribution is 2.30. The minimum absolute atomic E-state index is 0.234. The van der Waals surface area contributed by atoms with Crippen LogP contribution < -0.4 is 0 Å². The van der Waals surface area contributed by atoms with Crippen molar-refractivity contribution in [2.24, 2.45) is 0 Å². The van der Waals surface area contributed by atoms with Crippen LogP contribution in [0.25, 0.3) is 11.1 Å². The number of aromatic carboxylic acids is 1. The van der Waals surface area contributed by atoms with Crippen LogP contribution in [-0.4, -0.2) is 50.9 Å². The lowest BCUT2D eigenvalue weighted by Crippen LogP contribution is -2.10. The number of allylic oxidation sites excluding steroid dienone is 1. The molecule has 0 aliphatic rings. The molecule has 0 amide bonds. The number of hydrogen-bond acceptors (Lipinski definition) is 6. The number of rotatable bonds is 9. The van der Waals surface area contributed by atoms with Crippen molar-refractivity contribution in [2.45, 2.75) is 39.7 Å². The Kier molecular flexibility index (Phi) is 9.93. The zero-order valence-corrected chi connectivity index (χ0v) is 21.3. The molecule has 2 aromatic heterocycles. The van der Waals surface area contributed by atoms with Crippen LogP contribution in [0.2, 0.25) is 0 Å². The SMILES string of the molecule is CCCCc1ncc(/C(C)=C(\C(=O)O)c2cccs2)n1Cc1ccc(C(=O)O)cc1.CS(=O)(=O)O. The average Bonchev–Trinajstić information content (AvgIpc) is 3.42. The molecule has 35 heavy (non-hydrogen) atoms. The summed E-state index contributed by atoms with van der Waals surface area (Å²) in [5.74, 6) is -1.04. The Morgan fingerprint density at radius 1 is 1.11 bits per heavy atom. The normalized spacial score (nSPS) is 11.9. The van der Waals surface area contributed by atoms with E-state index in [1.807, 2.05) is 22.9 Å². The number of carbonyl (C=O) groups is 2. The Balaban J connectivity index is 0.000000784. The molecule has 0 spiro atoms. The zero-order chi connectivity index (χ0) is 26.2. The van der Waals surface area contributed by atoms with E-state index in [-0.39, 0.29) is 11.1 Å². The smallest absolute Gasteiger partial charge is 0.337 e. The molecule has 0 atom stereocenters. The number of aryl methyl sites for hydroxylation is 1. The molecule has 2 heterocycles. The molecule has 0 fully saturated rings. The Bertz CT molecular complexity index is 1280. The van der Waals surface area contributed by atoms with E-state index >= 15 is 0 Å². The van der Waals surface area contributed by atoms with Gasteiger partial charge in [0.25, 0.3) is 10.1 Å². The number of benzene rings is 1. The Morgan fingerprint density at radius 3 is 2.23 bits per heavy atom. The van der Waals surface area contributed by atoms with Crippen LogP contribution in [0.5, 0.6) is 0 Å². The van der Waals surface area contributed by atoms with Gasteiger partial charge >= 0.3 is 11.9 Å². The van der Waals surface area contributed by atoms with Crippen LogP contribution in [0.3, 0.4) is 0 Å². The predicted octanol–water partition coefficient (Wildman–Crippen LogP) is 4.55. The summed E-state index contributed by atoms with van der Waals surface area (Å²) in [5, 5.41) is 20.8. The summed E-state index contributed by atoms with van der Waals surface area (Å²) >= 11 is 1.39. The average molecular weight is 521 g/mol. The molecule has 0 saturated heterocycles. The number of unbranched alkanes of at least 4 members (excludes halogenated alkanes) is 1. The van der Waals surface area contributed by atoms with Crippen LogP contribution in [0.4, 0.5) is 0 Å². The van der Waals surface area contributed by atoms with E-state index in [2.05, 4.69) is 11.9 Å². The van der Waals surface area contributed by atoms with Crippen molar-refractivity contribution in [3.8, 4) is 0 Å². The van der Waals surface area contributed by atoms with E-state index in [1.165, 1.54) is 11.3 Å². The Labute approximate surface area is 208 Å². The number of aromatic nitrogens is 2. The molecule has 0 aliphatic carbocycles. The van der Waals surface area contributed by atoms with Crippen LogP contribution in [0.15, 0.2) is 48.0 Å². The number of thiophene rings is 1. The molecule has 11 heteroatoms. The molecule has 0 unspecified atom stereocenters. The molecule has 3 N–H and O–H groups in total. The molecule has 9 nitrogen and oxygen atoms in total. The first-order chi connectivity index (χ1) is 16.4. The van der Waals surface area contributed by atoms with Gasteiger partial charge < -0.3 is 14.8 Å². The number of carboxylic acids is 2. The van der Waals surface area contributed by atoms with Gasteiger partial charge in [-0.2, -0.15) is 8.42 Å². The summed E-state index contributed by atoms with van der Waals surface area (Å²) in [6.07, 6.45) is 5.25. The summed E-state index contributed by atoms with van der Waals surface area (Å²) in [6.45, 7) is 4.42. The Hall–Kier alpha value is -3.28. The van der Waals surface area contributed by atoms with Gasteiger partial charge in [0, 0.05) is 17.8 Å². The van der Waals surface area contributed by atoms with Crippen molar-refractivity contribution in [3.63, 3.8) is 0 Å². The summed E-state index contributed by atoms with van der Waals surface area (Å²) in [6, 6.07) is 10.4. The van der Waals surface area contributed by atoms with E-state index in [9.17, 15) is 23.1 Å². The van der Waals surface area contributed by atoms with Crippen molar-refractivity contribution in [2.75, 3.05) is 6.26 Å². The van der Waals surface area contributed by atoms with Gasteiger partial charge in [-0.1, -0.05) is 31.5 Å². The first kappa shape index (κ1) is 28.0. The minimum Gasteiger partial charge on any atom is -0.478 e. The highest BCUT2D eigenvalue weighted by Gasteiger charge is 2.20. The van der Waals surface area contributed by atoms with Gasteiger partial charge in [-0.25, -0.2) is 14.6 Å². The Morgan fingerprint density at radius 2 is 1.74 bits per heavy atom. The second-order valence-corrected chi connectivity index (χ2v) is 10.2. The third-order valence-corrected chi connectivity index (χ3v) is 5.86. The van der Waals surface area contributed by atoms with E-state index < -0.39 is 22.1 Å². The standard InChI is InChI=1S/C23H24N2O4S.CH4O3S/c1-3-4-7-20-24-13-18(15(2)21(23(28)29)19-6-5-12-30-19)25(20)14-16-8-10-17(11-9-16)22(26)27;1-5(2,3)4/h5-6,8-13H,3-4,7,14H2,1-2H3,(H,26,27)(H,28,29);1H3,(H,2,3,4)/b21-15-;. The lowest BCUT2D eigenvalue weighted by Gasteiger charge is -2.14. The maximum Gasteiger partial charge on any atom is 0.337 e. The molecule has 3 aromatic rings. The fourth-order valence-electron chi connectivity index (χ4n) is 3.36. The van der Waals surface area contributed by atoms with E-state index in [0.29, 0.717) is 23.3 Å². The molecule has 3 rings (SSSR count). The minimum atomic E-state index is -3.67. The van der Waals surface area contributed by atoms with Crippen LogP contribution in [0, 0.1) is 0 Å². The quantitative estimate of drug-likeness (QED) is 0.275. The van der Waals surface area contributed by atoms with Crippen molar-refractivity contribution in [1.29, 1.82) is 0 Å². The summed E-state index contributed by atoms with van der Waals surface area (Å²) in [4.78, 5) is 28.4. The van der Waals surface area contributed by atoms with Crippen molar-refractivity contribution in [3.05, 3.63) is 75.5 Å². The number of hydrogen-bond donors (Lipinski definition) is 3. The third kappa shape index (κ3) is 8.46. The van der Waals surface area contributed by atoms with Gasteiger partial charge in [0.2, 0.25) is 0 Å². The van der Waals surface area contributed by atoms with E-state index in [0.717, 1.165) is 36.3 Å². The van der Waals surface area contributed by atoms with Crippen molar-refractivity contribution >= 4 is 44.5 Å². The largest absolute Gasteiger partial charge is 0.478 e. The number of aliphatic carboxylic acids is 1. The molecule has 0 aliphatic heterocycles. The first-order valence-corrected chi connectivity index (χ1v) is 13.4. The molecular weight excluding hydrogens is 492 g/mol. The third-order valence-electron chi connectivity index (χ3n) is 4.97. The first-order valence-electron chi connectivity index (χ1n) is 10.7. The molecule has 1 aromatic carbocycles. The van der Waals surface area contributed by atoms with Crippen LogP contribution in [-0.2, 0) is 27.9 Å². The van der Waals surface area contributed by atoms with Gasteiger partial charge in [-0.05, 0) is 48.1 Å². The summed E-state index contributed by atoms with van der Waals surface area (Å²) in [7, 11) is -3.67. The number of carboxylic acid groups (broad SMARTS) is 2. The fraction of sp³-hybridized carbons (Fsp3) is 0.292. The molecule has 188 valence electrons. The van der Waals surface area contributed by atoms with Gasteiger partial charge in [0.15, 0.2) is 0 Å². The zero-order valence-electron chi connectivity index (χ0n) is 19.6. The predicted molar refractivity (Wildman–Crippen MR) is 135 cm³/mol. The van der Waals surface area contributed by atoms with Gasteiger partial charge in [-0.3, -0.25) is 4.55 Å². The van der Waals surface area contributed by atoms with Gasteiger partial charge in [0.05, 0.1) is 29.3 Å². The van der Waals surface area contributed by atoms with E-state index in [1.54, 1.807) is 36.5 Å². The fourth-order valence-corrected chi connectivity index (χ4v) is 4.18. The lowest BCUT2D eigenvalue weighted by atomic mass is 10.0. The second-order valence-electron chi connectivity index (χ2n) is 7.77. The maximum atomic E-state index is 12.0. The topological polar surface area (TPSA) is 147 Å². The molecule has 0 radical (unpaired) electrons. The van der Waals surface area contributed by atoms with Crippen LogP contribution >= 0.6 is 11.3 Å². The highest BCUT2D eigenvalue weighted by molar-refractivity contribution is 7.85. The highest BCUT2D eigenvalue weighted by atomic mass is 32.2. The molecular formula is C24H28N2O7S2. The van der Waals surface area contributed by atoms with Crippen molar-refractivity contribution in [1.82, 2.24) is 9.55 Å². The van der Waals surface area contributed by atoms with Gasteiger partial charge in [-0.15, -0.1) is 11.3 Å². The van der Waals surface area contributed by atoms with Crippen LogP contribution in [0.1, 0.15) is 59.0 Å². The summed E-state index contributed by atoms with van der Waals surface area (Å²) < 4.78 is 27.9. The van der Waals surface area contributed by atoms with Crippen molar-refractivity contribution < 1.29 is 32.8 Å². The monoisotopic (exact) mass is 520 g/mol. The number of nitrogens with zero attached hydrogens (tertiary/aromatic N) is 2.